The van der Waals surface area contributed by atoms with Crippen LogP contribution in [0.5, 0.6) is 0 Å². The molecular formula is C8H11F5O2S. The Morgan fingerprint density at radius 2 is 1.69 bits per heavy atom. The maximum atomic E-state index is 12.3. The number of carboxylic acids is 1. The van der Waals surface area contributed by atoms with Gasteiger partial charge in [-0.15, -0.1) is 0 Å². The van der Waals surface area contributed by atoms with Gasteiger partial charge >= 0.3 is 18.1 Å². The minimum absolute atomic E-state index is 0.142. The Balaban J connectivity index is 3.63. The average Bonchev–Trinajstić information content (AvgIpc) is 2.08. The lowest BCUT2D eigenvalue weighted by Gasteiger charge is -2.19. The van der Waals surface area contributed by atoms with Crippen LogP contribution in [-0.4, -0.2) is 34.7 Å². The van der Waals surface area contributed by atoms with Crippen molar-refractivity contribution in [2.24, 2.45) is 0 Å². The number of carbonyl (C=O) groups is 1. The van der Waals surface area contributed by atoms with Crippen LogP contribution in [0.4, 0.5) is 22.0 Å². The second-order valence-electron chi connectivity index (χ2n) is 3.11. The van der Waals surface area contributed by atoms with Crippen molar-refractivity contribution in [1.82, 2.24) is 0 Å². The molecule has 0 aromatic rings. The number of aliphatic carboxylic acids is 1. The number of hydrogen-bond acceptors (Lipinski definition) is 2. The van der Waals surface area contributed by atoms with Gasteiger partial charge in [0.05, 0.1) is 5.75 Å². The standard InChI is InChI=1S/C8H11F5O2S/c9-7(10,8(11,12)13)3-1-2-4-16-5-6(14)15/h1-5H2,(H,14,15). The molecule has 0 unspecified atom stereocenters. The molecule has 0 aromatic heterocycles. The number of carboxylic acid groups (broad SMARTS) is 1. The van der Waals surface area contributed by atoms with Crippen LogP contribution in [0.2, 0.25) is 0 Å². The summed E-state index contributed by atoms with van der Waals surface area (Å²) in [5.74, 6) is -5.59. The molecule has 0 spiro atoms. The summed E-state index contributed by atoms with van der Waals surface area (Å²) in [4.78, 5) is 10.0. The summed E-state index contributed by atoms with van der Waals surface area (Å²) in [6, 6.07) is 0. The smallest absolute Gasteiger partial charge is 0.453 e. The molecule has 0 rings (SSSR count). The van der Waals surface area contributed by atoms with Crippen molar-refractivity contribution in [3.63, 3.8) is 0 Å². The monoisotopic (exact) mass is 266 g/mol. The first kappa shape index (κ1) is 15.5. The maximum absolute atomic E-state index is 12.3. The highest BCUT2D eigenvalue weighted by Crippen LogP contribution is 2.39. The van der Waals surface area contributed by atoms with Crippen molar-refractivity contribution in [1.29, 1.82) is 0 Å². The van der Waals surface area contributed by atoms with E-state index in [-0.39, 0.29) is 24.3 Å². The molecule has 16 heavy (non-hydrogen) atoms. The highest BCUT2D eigenvalue weighted by atomic mass is 32.2. The van der Waals surface area contributed by atoms with Crippen LogP contribution in [0.15, 0.2) is 0 Å². The Labute approximate surface area is 93.2 Å². The first-order valence-corrected chi connectivity index (χ1v) is 5.56. The minimum Gasteiger partial charge on any atom is -0.481 e. The lowest BCUT2D eigenvalue weighted by Crippen LogP contribution is -2.36. The SMILES string of the molecule is O=C(O)CSCCCCC(F)(F)C(F)(F)F. The van der Waals surface area contributed by atoms with Crippen molar-refractivity contribution in [3.05, 3.63) is 0 Å². The summed E-state index contributed by atoms with van der Waals surface area (Å²) in [5.41, 5.74) is 0. The molecular weight excluding hydrogens is 255 g/mol. The molecule has 0 heterocycles. The Kier molecular flexibility index (Phi) is 6.06. The first-order chi connectivity index (χ1) is 7.17. The van der Waals surface area contributed by atoms with Crippen molar-refractivity contribution >= 4 is 17.7 Å². The summed E-state index contributed by atoms with van der Waals surface area (Å²) in [6.07, 6.45) is -6.88. The van der Waals surface area contributed by atoms with Crippen LogP contribution >= 0.6 is 11.8 Å². The van der Waals surface area contributed by atoms with Gasteiger partial charge in [-0.1, -0.05) is 0 Å². The number of rotatable bonds is 7. The second-order valence-corrected chi connectivity index (χ2v) is 4.21. The van der Waals surface area contributed by atoms with Gasteiger partial charge in [0.15, 0.2) is 0 Å². The molecule has 0 fully saturated rings. The Morgan fingerprint density at radius 3 is 2.12 bits per heavy atom. The summed E-state index contributed by atoms with van der Waals surface area (Å²) >= 11 is 0.994. The van der Waals surface area contributed by atoms with Gasteiger partial charge < -0.3 is 5.11 Å². The van der Waals surface area contributed by atoms with Crippen LogP contribution in [0.25, 0.3) is 0 Å². The third kappa shape index (κ3) is 6.14. The molecule has 0 bridgehead atoms. The molecule has 0 aliphatic rings. The molecule has 8 heteroatoms. The predicted molar refractivity (Wildman–Crippen MR) is 49.8 cm³/mol. The van der Waals surface area contributed by atoms with Crippen LogP contribution in [0.1, 0.15) is 19.3 Å². The summed E-state index contributed by atoms with van der Waals surface area (Å²) in [5, 5.41) is 8.22. The van der Waals surface area contributed by atoms with Gasteiger partial charge in [0, 0.05) is 6.42 Å². The van der Waals surface area contributed by atoms with Gasteiger partial charge in [-0.3, -0.25) is 4.79 Å². The topological polar surface area (TPSA) is 37.3 Å². The largest absolute Gasteiger partial charge is 0.481 e. The number of hydrogen-bond donors (Lipinski definition) is 1. The van der Waals surface area contributed by atoms with Gasteiger partial charge in [-0.2, -0.15) is 33.7 Å². The lowest BCUT2D eigenvalue weighted by atomic mass is 10.1. The summed E-state index contributed by atoms with van der Waals surface area (Å²) < 4.78 is 59.7. The van der Waals surface area contributed by atoms with E-state index in [0.29, 0.717) is 0 Å². The van der Waals surface area contributed by atoms with E-state index in [2.05, 4.69) is 0 Å². The molecule has 0 amide bonds. The maximum Gasteiger partial charge on any atom is 0.453 e. The van der Waals surface area contributed by atoms with Gasteiger partial charge in [0.1, 0.15) is 0 Å². The van der Waals surface area contributed by atoms with E-state index in [9.17, 15) is 26.7 Å². The number of halogens is 5. The molecule has 0 aliphatic heterocycles. The highest BCUT2D eigenvalue weighted by molar-refractivity contribution is 7.99. The minimum atomic E-state index is -5.50. The van der Waals surface area contributed by atoms with E-state index in [1.165, 1.54) is 0 Å². The molecule has 96 valence electrons. The predicted octanol–water partition coefficient (Wildman–Crippen LogP) is 3.17. The van der Waals surface area contributed by atoms with E-state index in [1.54, 1.807) is 0 Å². The third-order valence-electron chi connectivity index (χ3n) is 1.67. The van der Waals surface area contributed by atoms with Gasteiger partial charge in [-0.05, 0) is 18.6 Å². The summed E-state index contributed by atoms with van der Waals surface area (Å²) in [6.45, 7) is 0. The van der Waals surface area contributed by atoms with Crippen LogP contribution in [0.3, 0.4) is 0 Å². The number of unbranched alkanes of at least 4 members (excludes halogenated alkanes) is 1. The van der Waals surface area contributed by atoms with E-state index < -0.39 is 24.5 Å². The Hall–Kier alpha value is -0.530. The fourth-order valence-corrected chi connectivity index (χ4v) is 1.58. The van der Waals surface area contributed by atoms with Crippen molar-refractivity contribution < 1.29 is 31.9 Å². The van der Waals surface area contributed by atoms with Gasteiger partial charge in [-0.25, -0.2) is 0 Å². The van der Waals surface area contributed by atoms with Crippen LogP contribution in [0, 0.1) is 0 Å². The van der Waals surface area contributed by atoms with Crippen molar-refractivity contribution in [2.75, 3.05) is 11.5 Å². The second kappa shape index (κ2) is 6.27. The van der Waals surface area contributed by atoms with E-state index in [1.807, 2.05) is 0 Å². The normalized spacial score (nSPS) is 12.8. The molecule has 0 saturated carbocycles. The average molecular weight is 266 g/mol. The zero-order valence-corrected chi connectivity index (χ0v) is 9.01. The first-order valence-electron chi connectivity index (χ1n) is 4.41. The zero-order chi connectivity index (χ0) is 12.8. The molecule has 0 saturated heterocycles. The van der Waals surface area contributed by atoms with Crippen LogP contribution in [-0.2, 0) is 4.79 Å². The van der Waals surface area contributed by atoms with Crippen molar-refractivity contribution in [2.45, 2.75) is 31.4 Å². The Morgan fingerprint density at radius 1 is 1.12 bits per heavy atom. The molecule has 0 atom stereocenters. The molecule has 0 aliphatic carbocycles. The van der Waals surface area contributed by atoms with E-state index >= 15 is 0 Å². The fraction of sp³-hybridized carbons (Fsp3) is 0.875. The van der Waals surface area contributed by atoms with E-state index in [4.69, 9.17) is 5.11 Å². The van der Waals surface area contributed by atoms with E-state index in [0.717, 1.165) is 11.8 Å². The molecule has 2 nitrogen and oxygen atoms in total. The van der Waals surface area contributed by atoms with Crippen molar-refractivity contribution in [3.8, 4) is 0 Å². The highest BCUT2D eigenvalue weighted by Gasteiger charge is 2.56. The quantitative estimate of drug-likeness (QED) is 0.568. The van der Waals surface area contributed by atoms with Crippen LogP contribution < -0.4 is 0 Å². The molecule has 0 aromatic carbocycles. The van der Waals surface area contributed by atoms with Gasteiger partial charge in [0.2, 0.25) is 0 Å². The Bertz CT molecular complexity index is 229. The zero-order valence-electron chi connectivity index (χ0n) is 8.19. The fourth-order valence-electron chi connectivity index (χ4n) is 0.852. The summed E-state index contributed by atoms with van der Waals surface area (Å²) in [7, 11) is 0. The number of thioether (sulfide) groups is 1. The lowest BCUT2D eigenvalue weighted by molar-refractivity contribution is -0.284. The molecule has 0 radical (unpaired) electrons. The van der Waals surface area contributed by atoms with Gasteiger partial charge in [0.25, 0.3) is 0 Å². The third-order valence-corrected chi connectivity index (χ3v) is 2.70. The number of alkyl halides is 5. The molecule has 1 N–H and O–H groups in total.